The number of rotatable bonds is 12. The third kappa shape index (κ3) is 10.9. The Labute approximate surface area is 276 Å². The molecule has 0 unspecified atom stereocenters. The zero-order chi connectivity index (χ0) is 23.7. The number of anilines is 1. The summed E-state index contributed by atoms with van der Waals surface area (Å²) >= 11 is 0.973. The number of azo groups is 1. The van der Waals surface area contributed by atoms with Gasteiger partial charge in [0, 0.05) is 10.3 Å². The Balaban J connectivity index is 0.00000408. The molecule has 0 aliphatic rings. The maximum Gasteiger partial charge on any atom is 1.00 e. The van der Waals surface area contributed by atoms with Crippen molar-refractivity contribution >= 4 is 86.0 Å². The van der Waals surface area contributed by atoms with E-state index in [2.05, 4.69) is 29.0 Å². The van der Waals surface area contributed by atoms with E-state index in [9.17, 15) is 18.9 Å². The number of hydrogen-bond donors (Lipinski definition) is 1. The van der Waals surface area contributed by atoms with Crippen LogP contribution in [-0.2, 0) is 32.8 Å². The fourth-order valence-electron chi connectivity index (χ4n) is 2.67. The predicted octanol–water partition coefficient (Wildman–Crippen LogP) is -2.73. The summed E-state index contributed by atoms with van der Waals surface area (Å²) in [5, 5.41) is 36.0. The van der Waals surface area contributed by atoms with Crippen molar-refractivity contribution in [2.45, 2.75) is 9.79 Å². The van der Waals surface area contributed by atoms with Gasteiger partial charge in [-0.1, -0.05) is 12.1 Å². The smallest absolute Gasteiger partial charge is 0.691 e. The number of hydrogen-bond acceptors (Lipinski definition) is 14. The van der Waals surface area contributed by atoms with Crippen molar-refractivity contribution in [3.63, 3.8) is 0 Å². The van der Waals surface area contributed by atoms with Crippen LogP contribution in [0.5, 0.6) is 0 Å². The number of sulfone groups is 1. The van der Waals surface area contributed by atoms with E-state index in [1.54, 1.807) is 24.3 Å². The molecule has 2 N–H and O–H groups in total. The fourth-order valence-corrected chi connectivity index (χ4v) is 4.47. The number of halogens is 1. The van der Waals surface area contributed by atoms with Crippen LogP contribution in [0.2, 0.25) is 0 Å². The molecule has 184 valence electrons. The van der Waals surface area contributed by atoms with Crippen molar-refractivity contribution < 1.29 is 101 Å². The van der Waals surface area contributed by atoms with Gasteiger partial charge in [-0.25, -0.2) is 8.42 Å². The van der Waals surface area contributed by atoms with E-state index in [-0.39, 0.29) is 113 Å². The summed E-state index contributed by atoms with van der Waals surface area (Å²) in [6.07, 6.45) is 0. The zero-order valence-electron chi connectivity index (χ0n) is 18.9. The summed E-state index contributed by atoms with van der Waals surface area (Å²) in [4.78, 5) is 0.646. The van der Waals surface area contributed by atoms with Crippen molar-refractivity contribution in [2.75, 3.05) is 18.1 Å². The number of nitrogens with two attached hydrogens (primary N) is 1. The third-order valence-corrected chi connectivity index (χ3v) is 6.79. The Morgan fingerprint density at radius 2 is 1.58 bits per heavy atom. The molecule has 0 fully saturated rings. The monoisotopic (exact) mass is 687 g/mol. The molecule has 3 aromatic carbocycles. The van der Waals surface area contributed by atoms with E-state index < -0.39 is 9.84 Å². The first kappa shape index (κ1) is 36.4. The summed E-state index contributed by atoms with van der Waals surface area (Å²) in [6.45, 7) is -0.218. The number of fused-ring (bicyclic) bond motifs is 1. The van der Waals surface area contributed by atoms with E-state index >= 15 is 0 Å². The third-order valence-electron chi connectivity index (χ3n) is 4.15. The van der Waals surface area contributed by atoms with Gasteiger partial charge in [0.05, 0.1) is 40.7 Å². The van der Waals surface area contributed by atoms with Crippen LogP contribution >= 0.6 is 48.3 Å². The molecule has 12 nitrogen and oxygen atoms in total. The topological polar surface area (TPSA) is 177 Å². The van der Waals surface area contributed by atoms with Crippen LogP contribution in [0.15, 0.2) is 74.6 Å². The largest absolute Gasteiger partial charge is 1.00 e. The van der Waals surface area contributed by atoms with Gasteiger partial charge in [-0.3, -0.25) is 14.3 Å². The van der Waals surface area contributed by atoms with E-state index in [0.29, 0.717) is 27.3 Å². The van der Waals surface area contributed by atoms with Crippen LogP contribution in [-0.4, -0.2) is 20.8 Å². The quantitative estimate of drug-likeness (QED) is 0.0305. The second kappa shape index (κ2) is 18.7. The van der Waals surface area contributed by atoms with Crippen LogP contribution in [0, 0.1) is 0 Å². The molecule has 18 heteroatoms. The molecular weight excluding hydrogens is 671 g/mol. The van der Waals surface area contributed by atoms with E-state index in [0.717, 1.165) is 17.4 Å². The molecule has 0 atom stereocenters. The van der Waals surface area contributed by atoms with Gasteiger partial charge in [-0.15, -0.1) is 33.4 Å². The maximum atomic E-state index is 12.3. The average Bonchev–Trinajstić information content (AvgIpc) is 2.82. The minimum atomic E-state index is -3.63. The number of nitrogen functional groups attached to an aromatic ring is 1. The average molecular weight is 687 g/mol. The van der Waals surface area contributed by atoms with Crippen LogP contribution in [0.3, 0.4) is 0 Å². The Bertz CT molecular complexity index is 1230. The minimum absolute atomic E-state index is 0. The van der Waals surface area contributed by atoms with Crippen LogP contribution in [0.1, 0.15) is 0 Å². The van der Waals surface area contributed by atoms with Crippen molar-refractivity contribution in [1.29, 1.82) is 0 Å². The first-order valence-electron chi connectivity index (χ1n) is 8.89. The Morgan fingerprint density at radius 1 is 0.917 bits per heavy atom. The molecule has 3 rings (SSSR count). The number of nitrogens with zero attached hydrogens (tertiary/aromatic N) is 2. The first-order chi connectivity index (χ1) is 15.9. The molecule has 3 aromatic rings. The fraction of sp³-hybridized carbons (Fsp3) is 0.111. The van der Waals surface area contributed by atoms with Crippen LogP contribution < -0.4 is 75.4 Å². The summed E-state index contributed by atoms with van der Waals surface area (Å²) in [5.74, 6) is -0.336. The molecule has 0 bridgehead atoms. The van der Waals surface area contributed by atoms with E-state index in [1.807, 2.05) is 6.07 Å². The Hall–Kier alpha value is 0.420. The molecule has 0 amide bonds. The van der Waals surface area contributed by atoms with E-state index in [4.69, 9.17) is 9.92 Å². The molecule has 0 aromatic heterocycles. The van der Waals surface area contributed by atoms with Gasteiger partial charge in [-0.2, -0.15) is 9.45 Å². The Kier molecular flexibility index (Phi) is 18.9. The maximum absolute atomic E-state index is 12.3. The molecule has 0 aliphatic carbocycles. The summed E-state index contributed by atoms with van der Waals surface area (Å²) in [6, 6.07) is 14.5. The van der Waals surface area contributed by atoms with Crippen molar-refractivity contribution in [3.8, 4) is 0 Å². The van der Waals surface area contributed by atoms with Gasteiger partial charge in [0.1, 0.15) is 5.69 Å². The normalized spacial score (nSPS) is 11.1. The van der Waals surface area contributed by atoms with Gasteiger partial charge in [0.15, 0.2) is 22.2 Å². The molecule has 0 saturated carbocycles. The van der Waals surface area contributed by atoms with Crippen molar-refractivity contribution in [2.24, 2.45) is 10.2 Å². The minimum Gasteiger partial charge on any atom is -0.691 e. The first-order valence-corrected chi connectivity index (χ1v) is 12.0. The van der Waals surface area contributed by atoms with Crippen molar-refractivity contribution in [3.05, 3.63) is 54.6 Å². The van der Waals surface area contributed by atoms with Gasteiger partial charge in [0.25, 0.3) is 0 Å². The molecule has 0 saturated heterocycles. The van der Waals surface area contributed by atoms with Gasteiger partial charge in [-0.05, 0) is 47.9 Å². The molecule has 0 radical (unpaired) electrons. The van der Waals surface area contributed by atoms with Crippen molar-refractivity contribution in [1.82, 2.24) is 0 Å². The second-order valence-corrected chi connectivity index (χ2v) is 9.54. The Morgan fingerprint density at radius 3 is 2.25 bits per heavy atom. The van der Waals surface area contributed by atoms with Crippen LogP contribution in [0.4, 0.5) is 17.1 Å². The zero-order valence-corrected chi connectivity index (χ0v) is 27.7. The number of benzene rings is 3. The summed E-state index contributed by atoms with van der Waals surface area (Å²) in [7, 11) is -3.63. The molecule has 0 spiro atoms. The van der Waals surface area contributed by atoms with E-state index in [1.165, 1.54) is 24.3 Å². The van der Waals surface area contributed by atoms with Gasteiger partial charge < -0.3 is 16.2 Å². The van der Waals surface area contributed by atoms with Crippen LogP contribution in [0.25, 0.3) is 10.8 Å². The second-order valence-electron chi connectivity index (χ2n) is 6.14. The van der Waals surface area contributed by atoms with Gasteiger partial charge >= 0.3 is 59.1 Å². The summed E-state index contributed by atoms with van der Waals surface area (Å²) < 4.78 is 37.6. The molecule has 36 heavy (non-hydrogen) atoms. The SMILES string of the molecule is I.Nc1ccc2ccc(SOO[O-])cc2c1N=Nc1ccc(S(=O)(=O)CCOSOO[O-])cc1.[Na+].[Na+]. The summed E-state index contributed by atoms with van der Waals surface area (Å²) in [5.41, 5.74) is 7.23. The standard InChI is InChI=1S/C18H17N3O9S3.HI.2Na/c19-17-8-2-12-1-5-14(31-29-27-22)11-16(12)18(17)21-20-13-3-6-15(7-4-13)33(24,25)10-9-26-32-30-28-23;;;/h1-8,11,22-23H,9-10,19H2;1H;;/q;;2*+1/p-2. The van der Waals surface area contributed by atoms with Gasteiger partial charge in [0.2, 0.25) is 0 Å². The predicted molar refractivity (Wildman–Crippen MR) is 130 cm³/mol. The molecule has 0 aliphatic heterocycles. The molecule has 0 heterocycles. The molecular formula is C18H16IN3Na2O9S3.